The van der Waals surface area contributed by atoms with Crippen molar-refractivity contribution in [1.29, 1.82) is 0 Å². The highest BCUT2D eigenvalue weighted by Gasteiger charge is 2.30. The van der Waals surface area contributed by atoms with Crippen molar-refractivity contribution >= 4 is 0 Å². The molecule has 0 radical (unpaired) electrons. The maximum Gasteiger partial charge on any atom is 0.346 e. The maximum absolute atomic E-state index is 12.0. The van der Waals surface area contributed by atoms with Gasteiger partial charge in [0.2, 0.25) is 0 Å². The molecule has 2 aliphatic heterocycles. The van der Waals surface area contributed by atoms with Crippen LogP contribution in [0.5, 0.6) is 0 Å². The Morgan fingerprint density at radius 1 is 1.50 bits per heavy atom. The van der Waals surface area contributed by atoms with Crippen LogP contribution in [0.3, 0.4) is 0 Å². The number of hydrogen-bond donors (Lipinski definition) is 1. The molecule has 2 saturated heterocycles. The molecule has 0 aromatic carbocycles. The van der Waals surface area contributed by atoms with Crippen LogP contribution in [0.15, 0.2) is 4.79 Å². The lowest BCUT2D eigenvalue weighted by Gasteiger charge is -2.29. The van der Waals surface area contributed by atoms with Gasteiger partial charge in [0.15, 0.2) is 0 Å². The van der Waals surface area contributed by atoms with E-state index in [0.29, 0.717) is 6.61 Å². The molecule has 88 valence electrons. The second kappa shape index (κ2) is 3.71. The number of hydrogen-bond acceptors (Lipinski definition) is 4. The number of ether oxygens (including phenoxy) is 1. The minimum Gasteiger partial charge on any atom is -0.381 e. The molecule has 1 aromatic rings. The Balaban J connectivity index is 2.01. The quantitative estimate of drug-likeness (QED) is 0.716. The third-order valence-electron chi connectivity index (χ3n) is 3.40. The fraction of sp³-hybridized carbons (Fsp3) is 0.800. The van der Waals surface area contributed by atoms with Gasteiger partial charge in [0, 0.05) is 32.7 Å². The number of rotatable bonds is 2. The summed E-state index contributed by atoms with van der Waals surface area (Å²) in [6.45, 7) is 3.20. The molecule has 0 bridgehead atoms. The summed E-state index contributed by atoms with van der Waals surface area (Å²) in [5.41, 5.74) is -0.00611. The van der Waals surface area contributed by atoms with Crippen LogP contribution in [-0.4, -0.2) is 40.7 Å². The highest BCUT2D eigenvalue weighted by Crippen LogP contribution is 2.25. The van der Waals surface area contributed by atoms with Gasteiger partial charge >= 0.3 is 5.69 Å². The molecule has 0 aliphatic carbocycles. The third-order valence-corrected chi connectivity index (χ3v) is 3.40. The van der Waals surface area contributed by atoms with E-state index in [1.54, 1.807) is 7.05 Å². The summed E-state index contributed by atoms with van der Waals surface area (Å²) in [4.78, 5) is 12.0. The first-order chi connectivity index (χ1) is 7.77. The second-order valence-corrected chi connectivity index (χ2v) is 4.51. The van der Waals surface area contributed by atoms with E-state index in [-0.39, 0.29) is 17.6 Å². The summed E-state index contributed by atoms with van der Waals surface area (Å²) in [5.74, 6) is 1.19. The Kier molecular flexibility index (Phi) is 2.33. The normalized spacial score (nSPS) is 25.9. The van der Waals surface area contributed by atoms with Crippen molar-refractivity contribution in [3.8, 4) is 0 Å². The zero-order valence-electron chi connectivity index (χ0n) is 9.35. The van der Waals surface area contributed by atoms with Crippen molar-refractivity contribution in [1.82, 2.24) is 19.7 Å². The Morgan fingerprint density at radius 2 is 2.31 bits per heavy atom. The summed E-state index contributed by atoms with van der Waals surface area (Å²) in [7, 11) is 1.71. The molecule has 1 N–H and O–H groups in total. The zero-order chi connectivity index (χ0) is 11.1. The average molecular weight is 224 g/mol. The summed E-state index contributed by atoms with van der Waals surface area (Å²) >= 11 is 0. The summed E-state index contributed by atoms with van der Waals surface area (Å²) in [6.07, 6.45) is 0.969. The van der Waals surface area contributed by atoms with Crippen LogP contribution in [0.1, 0.15) is 24.2 Å². The minimum absolute atomic E-state index is 0.00611. The topological polar surface area (TPSA) is 61.1 Å². The lowest BCUT2D eigenvalue weighted by molar-refractivity contribution is 0.191. The van der Waals surface area contributed by atoms with Crippen LogP contribution in [-0.2, 0) is 11.8 Å². The SMILES string of the molecule is Cn1nc([C@H]2CCOC2)n(C2CNC2)c1=O. The average Bonchev–Trinajstić information content (AvgIpc) is 2.78. The fourth-order valence-electron chi connectivity index (χ4n) is 2.31. The molecule has 0 saturated carbocycles. The highest BCUT2D eigenvalue weighted by molar-refractivity contribution is 5.03. The Bertz CT molecular complexity index is 440. The molecular formula is C10H16N4O2. The Hall–Kier alpha value is -1.14. The van der Waals surface area contributed by atoms with Crippen LogP contribution in [0.4, 0.5) is 0 Å². The Labute approximate surface area is 93.2 Å². The molecule has 0 spiro atoms. The van der Waals surface area contributed by atoms with E-state index in [4.69, 9.17) is 4.74 Å². The van der Waals surface area contributed by atoms with Crippen LogP contribution in [0.25, 0.3) is 0 Å². The predicted molar refractivity (Wildman–Crippen MR) is 57.6 cm³/mol. The van der Waals surface area contributed by atoms with E-state index in [9.17, 15) is 4.79 Å². The number of nitrogens with one attached hydrogen (secondary N) is 1. The molecule has 3 heterocycles. The first-order valence-corrected chi connectivity index (χ1v) is 5.71. The minimum atomic E-state index is -0.00611. The van der Waals surface area contributed by atoms with Crippen molar-refractivity contribution in [2.75, 3.05) is 26.3 Å². The zero-order valence-corrected chi connectivity index (χ0v) is 9.35. The van der Waals surface area contributed by atoms with Crippen LogP contribution in [0.2, 0.25) is 0 Å². The molecule has 1 aromatic heterocycles. The standard InChI is InChI=1S/C10H16N4O2/c1-13-10(15)14(8-4-11-5-8)9(12-13)7-2-3-16-6-7/h7-8,11H,2-6H2,1H3/t7-/m0/s1. The second-order valence-electron chi connectivity index (χ2n) is 4.51. The van der Waals surface area contributed by atoms with E-state index in [2.05, 4.69) is 10.4 Å². The van der Waals surface area contributed by atoms with E-state index in [0.717, 1.165) is 31.9 Å². The van der Waals surface area contributed by atoms with Crippen molar-refractivity contribution in [3.63, 3.8) is 0 Å². The van der Waals surface area contributed by atoms with Crippen molar-refractivity contribution < 1.29 is 4.74 Å². The van der Waals surface area contributed by atoms with Gasteiger partial charge in [-0.2, -0.15) is 5.10 Å². The summed E-state index contributed by atoms with van der Waals surface area (Å²) in [5, 5.41) is 7.54. The van der Waals surface area contributed by atoms with Gasteiger partial charge < -0.3 is 10.1 Å². The smallest absolute Gasteiger partial charge is 0.346 e. The molecule has 6 heteroatoms. The summed E-state index contributed by atoms with van der Waals surface area (Å²) in [6, 6.07) is 0.275. The summed E-state index contributed by atoms with van der Waals surface area (Å²) < 4.78 is 8.65. The predicted octanol–water partition coefficient (Wildman–Crippen LogP) is -0.770. The molecule has 2 fully saturated rings. The molecular weight excluding hydrogens is 208 g/mol. The fourth-order valence-corrected chi connectivity index (χ4v) is 2.31. The lowest BCUT2D eigenvalue weighted by Crippen LogP contribution is -2.47. The maximum atomic E-state index is 12.0. The van der Waals surface area contributed by atoms with Gasteiger partial charge in [-0.3, -0.25) is 4.57 Å². The largest absolute Gasteiger partial charge is 0.381 e. The van der Waals surface area contributed by atoms with Crippen molar-refractivity contribution in [2.45, 2.75) is 18.4 Å². The van der Waals surface area contributed by atoms with Crippen LogP contribution < -0.4 is 11.0 Å². The van der Waals surface area contributed by atoms with Gasteiger partial charge in [-0.25, -0.2) is 9.48 Å². The number of nitrogens with zero attached hydrogens (tertiary/aromatic N) is 3. The van der Waals surface area contributed by atoms with Gasteiger partial charge in [-0.1, -0.05) is 0 Å². The lowest BCUT2D eigenvalue weighted by atomic mass is 10.1. The first-order valence-electron chi connectivity index (χ1n) is 5.71. The van der Waals surface area contributed by atoms with Crippen molar-refractivity contribution in [2.24, 2.45) is 7.05 Å². The van der Waals surface area contributed by atoms with Crippen LogP contribution >= 0.6 is 0 Å². The highest BCUT2D eigenvalue weighted by atomic mass is 16.5. The molecule has 2 aliphatic rings. The van der Waals surface area contributed by atoms with Crippen LogP contribution in [0, 0.1) is 0 Å². The molecule has 0 amide bonds. The third kappa shape index (κ3) is 1.41. The van der Waals surface area contributed by atoms with Gasteiger partial charge in [0.05, 0.1) is 12.6 Å². The Morgan fingerprint density at radius 3 is 2.88 bits per heavy atom. The molecule has 16 heavy (non-hydrogen) atoms. The van der Waals surface area contributed by atoms with E-state index < -0.39 is 0 Å². The molecule has 0 unspecified atom stereocenters. The van der Waals surface area contributed by atoms with E-state index >= 15 is 0 Å². The number of aromatic nitrogens is 3. The molecule has 6 nitrogen and oxygen atoms in total. The van der Waals surface area contributed by atoms with Gasteiger partial charge in [-0.15, -0.1) is 0 Å². The van der Waals surface area contributed by atoms with E-state index in [1.165, 1.54) is 4.68 Å². The first kappa shape index (κ1) is 10.0. The van der Waals surface area contributed by atoms with Gasteiger partial charge in [0.1, 0.15) is 5.82 Å². The number of aryl methyl sites for hydroxylation is 1. The van der Waals surface area contributed by atoms with E-state index in [1.807, 2.05) is 4.57 Å². The van der Waals surface area contributed by atoms with Gasteiger partial charge in [0.25, 0.3) is 0 Å². The monoisotopic (exact) mass is 224 g/mol. The molecule has 1 atom stereocenters. The van der Waals surface area contributed by atoms with Crippen molar-refractivity contribution in [3.05, 3.63) is 16.3 Å². The molecule has 3 rings (SSSR count). The van der Waals surface area contributed by atoms with Gasteiger partial charge in [-0.05, 0) is 6.42 Å².